The molecule has 5 aromatic rings. The lowest BCUT2D eigenvalue weighted by Crippen LogP contribution is -2.25. The highest BCUT2D eigenvalue weighted by atomic mass is 32.3. The van der Waals surface area contributed by atoms with Crippen molar-refractivity contribution in [1.29, 1.82) is 0 Å². The Morgan fingerprint density at radius 3 is 2.02 bits per heavy atom. The van der Waals surface area contributed by atoms with Crippen LogP contribution in [0.3, 0.4) is 0 Å². The van der Waals surface area contributed by atoms with Gasteiger partial charge in [-0.15, -0.1) is 0 Å². The fourth-order valence-electron chi connectivity index (χ4n) is 8.04. The van der Waals surface area contributed by atoms with Gasteiger partial charge in [0.2, 0.25) is 0 Å². The van der Waals surface area contributed by atoms with Gasteiger partial charge in [-0.05, 0) is 93.8 Å². The third-order valence-corrected chi connectivity index (χ3v) is 14.9. The largest absolute Gasteiger partial charge is 0.456 e. The van der Waals surface area contributed by atoms with Gasteiger partial charge in [-0.25, -0.2) is 0 Å². The predicted octanol–water partition coefficient (Wildman–Crippen LogP) is 16.2. The smallest absolute Gasteiger partial charge is 0.139 e. The minimum atomic E-state index is -0.882. The normalized spacial score (nSPS) is 19.9. The lowest BCUT2D eigenvalue weighted by Gasteiger charge is -2.53. The molecular formula is C56H69NOS. The average Bonchev–Trinajstić information content (AvgIpc) is 3.41. The van der Waals surface area contributed by atoms with Crippen LogP contribution in [0.4, 0.5) is 0 Å². The van der Waals surface area contributed by atoms with Gasteiger partial charge < -0.3 is 10.1 Å². The van der Waals surface area contributed by atoms with E-state index in [-0.39, 0.29) is 5.92 Å². The molecule has 0 aromatic heterocycles. The highest BCUT2D eigenvalue weighted by molar-refractivity contribution is 8.37. The van der Waals surface area contributed by atoms with Crippen molar-refractivity contribution in [3.05, 3.63) is 197 Å². The third-order valence-electron chi connectivity index (χ3n) is 11.3. The van der Waals surface area contributed by atoms with Crippen molar-refractivity contribution >= 4 is 15.6 Å². The van der Waals surface area contributed by atoms with Gasteiger partial charge in [-0.2, -0.15) is 10.0 Å². The first-order valence-electron chi connectivity index (χ1n) is 22.1. The Labute approximate surface area is 359 Å². The number of para-hydroxylation sites is 1. The van der Waals surface area contributed by atoms with E-state index < -0.39 is 10.0 Å². The maximum Gasteiger partial charge on any atom is 0.139 e. The Bertz CT molecular complexity index is 2180. The zero-order valence-electron chi connectivity index (χ0n) is 37.3. The van der Waals surface area contributed by atoms with Crippen molar-refractivity contribution in [3.8, 4) is 16.9 Å². The van der Waals surface area contributed by atoms with Crippen LogP contribution in [0, 0.1) is 5.92 Å². The molecule has 310 valence electrons. The number of nitrogens with one attached hydrogen (secondary N) is 1. The van der Waals surface area contributed by atoms with Gasteiger partial charge in [-0.1, -0.05) is 202 Å². The summed E-state index contributed by atoms with van der Waals surface area (Å²) in [6.07, 6.45) is 14.2. The van der Waals surface area contributed by atoms with E-state index in [1.807, 2.05) is 26.0 Å². The van der Waals surface area contributed by atoms with Gasteiger partial charge in [0.05, 0.1) is 0 Å². The van der Waals surface area contributed by atoms with Crippen molar-refractivity contribution in [1.82, 2.24) is 5.32 Å². The lowest BCUT2D eigenvalue weighted by molar-refractivity contribution is 0.449. The molecule has 5 aromatic carbocycles. The van der Waals surface area contributed by atoms with E-state index in [1.165, 1.54) is 51.1 Å². The van der Waals surface area contributed by atoms with E-state index in [0.29, 0.717) is 17.2 Å². The Kier molecular flexibility index (Phi) is 16.8. The molecule has 4 unspecified atom stereocenters. The standard InChI is InChI=1S/C32H30OS.C14H23N.C8H10.C2H6/c1-5-23-14-16-30-29-19-25(15-17-31(29)34(30,4)20-23)28-18-21(2)26-12-9-13-27(32(26)33-22(28)3)24-10-7-6-8-11-24;1-4-8-14(15-11-12(2)3)13-9-6-5-7-10-13;1-2-8-6-4-3-5-7-8;1-2/h6-21,30H,3,5H2,1-2,4H3;5-7,9-10,12,14-15H,4,8,11H2,1-3H3;3-7H,2H2,1H3;1-2H3. The Morgan fingerprint density at radius 1 is 0.746 bits per heavy atom. The van der Waals surface area contributed by atoms with Crippen LogP contribution in [0.15, 0.2) is 174 Å². The molecule has 3 aliphatic rings. The summed E-state index contributed by atoms with van der Waals surface area (Å²) in [5, 5.41) is 6.71. The minimum absolute atomic E-state index is 0.222. The number of fused-ring (bicyclic) bond motifs is 5. The fraction of sp³-hybridized carbons (Fsp3) is 0.321. The van der Waals surface area contributed by atoms with Crippen LogP contribution in [0.1, 0.15) is 120 Å². The molecular weight excluding hydrogens is 735 g/mol. The molecule has 0 fully saturated rings. The van der Waals surface area contributed by atoms with Gasteiger partial charge in [0.25, 0.3) is 0 Å². The summed E-state index contributed by atoms with van der Waals surface area (Å²) in [6.45, 7) is 22.9. The van der Waals surface area contributed by atoms with Crippen LogP contribution in [0.2, 0.25) is 0 Å². The Morgan fingerprint density at radius 2 is 1.41 bits per heavy atom. The maximum absolute atomic E-state index is 6.54. The van der Waals surface area contributed by atoms with Crippen LogP contribution in [-0.4, -0.2) is 12.8 Å². The Balaban J connectivity index is 0.000000218. The van der Waals surface area contributed by atoms with E-state index in [0.717, 1.165) is 47.6 Å². The van der Waals surface area contributed by atoms with Gasteiger partial charge in [0.15, 0.2) is 0 Å². The zero-order chi connectivity index (χ0) is 42.4. The summed E-state index contributed by atoms with van der Waals surface area (Å²) in [5.41, 5.74) is 11.5. The molecule has 3 heterocycles. The van der Waals surface area contributed by atoms with Crippen molar-refractivity contribution in [2.45, 2.75) is 103 Å². The molecule has 3 heteroatoms. The predicted molar refractivity (Wildman–Crippen MR) is 261 cm³/mol. The second kappa shape index (κ2) is 22.0. The first-order valence-corrected chi connectivity index (χ1v) is 24.2. The molecule has 3 aliphatic heterocycles. The molecule has 0 saturated heterocycles. The van der Waals surface area contributed by atoms with Crippen molar-refractivity contribution < 1.29 is 4.74 Å². The average molecular weight is 804 g/mol. The van der Waals surface area contributed by atoms with Crippen LogP contribution >= 0.6 is 10.0 Å². The zero-order valence-corrected chi connectivity index (χ0v) is 38.1. The van der Waals surface area contributed by atoms with E-state index in [4.69, 9.17) is 4.74 Å². The monoisotopic (exact) mass is 804 g/mol. The Hall–Kier alpha value is -4.83. The van der Waals surface area contributed by atoms with Crippen LogP contribution in [-0.2, 0) is 6.42 Å². The first-order chi connectivity index (χ1) is 28.7. The molecule has 1 N–H and O–H groups in total. The molecule has 0 radical (unpaired) electrons. The van der Waals surface area contributed by atoms with Crippen LogP contribution < -0.4 is 10.1 Å². The summed E-state index contributed by atoms with van der Waals surface area (Å²) < 4.78 is 6.54. The summed E-state index contributed by atoms with van der Waals surface area (Å²) >= 11 is 0. The van der Waals surface area contributed by atoms with Crippen molar-refractivity contribution in [2.24, 2.45) is 5.92 Å². The number of benzene rings is 5. The molecule has 0 spiro atoms. The highest BCUT2D eigenvalue weighted by Crippen LogP contribution is 2.77. The fourth-order valence-corrected chi connectivity index (χ4v) is 11.5. The second-order valence-electron chi connectivity index (χ2n) is 16.0. The molecule has 59 heavy (non-hydrogen) atoms. The van der Waals surface area contributed by atoms with Crippen molar-refractivity contribution in [2.75, 3.05) is 12.8 Å². The maximum atomic E-state index is 6.54. The molecule has 8 rings (SSSR count). The molecule has 4 atom stereocenters. The molecule has 0 aliphatic carbocycles. The summed E-state index contributed by atoms with van der Waals surface area (Å²) in [4.78, 5) is 1.53. The number of rotatable bonds is 10. The number of ether oxygens (including phenoxy) is 1. The number of allylic oxidation sites excluding steroid dienone is 4. The topological polar surface area (TPSA) is 21.3 Å². The molecule has 2 nitrogen and oxygen atoms in total. The third kappa shape index (κ3) is 11.1. The van der Waals surface area contributed by atoms with Crippen LogP contribution in [0.5, 0.6) is 5.75 Å². The van der Waals surface area contributed by atoms with Gasteiger partial charge in [0.1, 0.15) is 11.5 Å². The van der Waals surface area contributed by atoms with E-state index in [1.54, 1.807) is 0 Å². The quantitative estimate of drug-likeness (QED) is 0.152. The number of hydrogen-bond donors (Lipinski definition) is 1. The van der Waals surface area contributed by atoms with Crippen LogP contribution in [0.25, 0.3) is 16.7 Å². The van der Waals surface area contributed by atoms with Crippen molar-refractivity contribution in [3.63, 3.8) is 0 Å². The van der Waals surface area contributed by atoms with E-state index >= 15 is 0 Å². The highest BCUT2D eigenvalue weighted by Gasteiger charge is 2.43. The van der Waals surface area contributed by atoms with Gasteiger partial charge >= 0.3 is 0 Å². The minimum Gasteiger partial charge on any atom is -0.456 e. The summed E-state index contributed by atoms with van der Waals surface area (Å²) in [7, 11) is -0.882. The molecule has 0 bridgehead atoms. The first kappa shape index (κ1) is 45.3. The van der Waals surface area contributed by atoms with E-state index in [9.17, 15) is 0 Å². The molecule has 0 saturated carbocycles. The second-order valence-corrected chi connectivity index (χ2v) is 19.3. The van der Waals surface area contributed by atoms with E-state index in [2.05, 4.69) is 199 Å². The lowest BCUT2D eigenvalue weighted by atomic mass is 9.92. The SMILES string of the molecule is C=C1Oc2c(-c3ccccc3)cccc2C(C)C=C1c1ccc2c(c1)C1C=CC(CC)=CS21C.CC.CCCC(NCC(C)C)c1ccccc1.CCc1ccccc1. The molecule has 0 amide bonds. The number of hydrogen-bond acceptors (Lipinski definition) is 2. The number of aryl methyl sites for hydroxylation is 1. The summed E-state index contributed by atoms with van der Waals surface area (Å²) in [6, 6.07) is 45.6. The van der Waals surface area contributed by atoms with Gasteiger partial charge in [0, 0.05) is 33.9 Å². The summed E-state index contributed by atoms with van der Waals surface area (Å²) in [5.74, 6) is 2.58. The van der Waals surface area contributed by atoms with Gasteiger partial charge in [-0.3, -0.25) is 0 Å².